The first-order valence-electron chi connectivity index (χ1n) is 5.81. The third-order valence-corrected chi connectivity index (χ3v) is 3.11. The van der Waals surface area contributed by atoms with Crippen molar-refractivity contribution in [3.8, 4) is 5.82 Å². The molecule has 17 heavy (non-hydrogen) atoms. The Hall–Kier alpha value is -1.68. The smallest absolute Gasteiger partial charge is 0.153 e. The Morgan fingerprint density at radius 3 is 2.47 bits per heavy atom. The monoisotopic (exact) mass is 230 g/mol. The van der Waals surface area contributed by atoms with E-state index in [0.717, 1.165) is 29.2 Å². The summed E-state index contributed by atoms with van der Waals surface area (Å²) in [5.41, 5.74) is 10.1. The van der Waals surface area contributed by atoms with Crippen LogP contribution in [0.15, 0.2) is 18.3 Å². The van der Waals surface area contributed by atoms with Gasteiger partial charge in [-0.05, 0) is 50.9 Å². The molecule has 2 N–H and O–H groups in total. The van der Waals surface area contributed by atoms with Crippen molar-refractivity contribution >= 4 is 0 Å². The second-order valence-electron chi connectivity index (χ2n) is 4.27. The maximum absolute atomic E-state index is 5.51. The van der Waals surface area contributed by atoms with Gasteiger partial charge in [0, 0.05) is 11.9 Å². The predicted molar refractivity (Wildman–Crippen MR) is 68.3 cm³/mol. The Labute approximate surface area is 101 Å². The zero-order valence-electron chi connectivity index (χ0n) is 10.6. The zero-order chi connectivity index (χ0) is 12.4. The molecule has 2 heterocycles. The van der Waals surface area contributed by atoms with Gasteiger partial charge in [-0.2, -0.15) is 5.10 Å². The Morgan fingerprint density at radius 2 is 2.00 bits per heavy atom. The molecule has 2 aromatic rings. The van der Waals surface area contributed by atoms with Gasteiger partial charge in [-0.15, -0.1) is 0 Å². The van der Waals surface area contributed by atoms with Gasteiger partial charge in [-0.1, -0.05) is 6.07 Å². The first-order chi connectivity index (χ1) is 8.13. The highest BCUT2D eigenvalue weighted by Crippen LogP contribution is 2.15. The number of hydrogen-bond acceptors (Lipinski definition) is 3. The Kier molecular flexibility index (Phi) is 3.24. The molecule has 0 saturated carbocycles. The fourth-order valence-electron chi connectivity index (χ4n) is 1.80. The minimum Gasteiger partial charge on any atom is -0.330 e. The van der Waals surface area contributed by atoms with Crippen LogP contribution in [0.25, 0.3) is 5.82 Å². The Morgan fingerprint density at radius 1 is 1.24 bits per heavy atom. The Balaban J connectivity index is 2.36. The summed E-state index contributed by atoms with van der Waals surface area (Å²) < 4.78 is 1.89. The van der Waals surface area contributed by atoms with Crippen LogP contribution in [0.2, 0.25) is 0 Å². The topological polar surface area (TPSA) is 56.7 Å². The average Bonchev–Trinajstić information content (AvgIpc) is 2.59. The number of pyridine rings is 1. The van der Waals surface area contributed by atoms with Gasteiger partial charge < -0.3 is 5.73 Å². The first kappa shape index (κ1) is 11.8. The van der Waals surface area contributed by atoms with E-state index in [-0.39, 0.29) is 0 Å². The molecule has 4 nitrogen and oxygen atoms in total. The average molecular weight is 230 g/mol. The van der Waals surface area contributed by atoms with Crippen molar-refractivity contribution in [1.29, 1.82) is 0 Å². The van der Waals surface area contributed by atoms with E-state index in [0.29, 0.717) is 6.54 Å². The lowest BCUT2D eigenvalue weighted by molar-refractivity contribution is 0.802. The SMILES string of the molecule is Cc1nn(-c2ccc(CCN)cn2)c(C)c1C. The van der Waals surface area contributed by atoms with E-state index in [1.54, 1.807) is 0 Å². The molecule has 2 aromatic heterocycles. The van der Waals surface area contributed by atoms with Gasteiger partial charge in [0.15, 0.2) is 5.82 Å². The lowest BCUT2D eigenvalue weighted by Crippen LogP contribution is -2.05. The summed E-state index contributed by atoms with van der Waals surface area (Å²) in [6, 6.07) is 4.05. The van der Waals surface area contributed by atoms with E-state index < -0.39 is 0 Å². The van der Waals surface area contributed by atoms with Crippen molar-refractivity contribution in [2.24, 2.45) is 5.73 Å². The lowest BCUT2D eigenvalue weighted by Gasteiger charge is -2.04. The summed E-state index contributed by atoms with van der Waals surface area (Å²) >= 11 is 0. The summed E-state index contributed by atoms with van der Waals surface area (Å²) in [4.78, 5) is 4.43. The van der Waals surface area contributed by atoms with Gasteiger partial charge in [-0.25, -0.2) is 9.67 Å². The molecule has 0 unspecified atom stereocenters. The molecule has 2 rings (SSSR count). The second kappa shape index (κ2) is 4.67. The summed E-state index contributed by atoms with van der Waals surface area (Å²) in [7, 11) is 0. The summed E-state index contributed by atoms with van der Waals surface area (Å²) in [5, 5.41) is 4.49. The normalized spacial score (nSPS) is 10.8. The summed E-state index contributed by atoms with van der Waals surface area (Å²) in [6.45, 7) is 6.81. The van der Waals surface area contributed by atoms with E-state index in [1.807, 2.05) is 23.9 Å². The highest BCUT2D eigenvalue weighted by molar-refractivity contribution is 5.32. The Bertz CT molecular complexity index is 511. The standard InChI is InChI=1S/C13H18N4/c1-9-10(2)16-17(11(9)3)13-5-4-12(6-7-14)8-15-13/h4-5,8H,6-7,14H2,1-3H3. The molecule has 0 amide bonds. The molecule has 0 spiro atoms. The third kappa shape index (κ3) is 2.22. The molecule has 0 fully saturated rings. The first-order valence-corrected chi connectivity index (χ1v) is 5.81. The molecular formula is C13H18N4. The molecule has 0 aliphatic carbocycles. The van der Waals surface area contributed by atoms with Crippen LogP contribution in [0.5, 0.6) is 0 Å². The number of nitrogens with two attached hydrogens (primary N) is 1. The fraction of sp³-hybridized carbons (Fsp3) is 0.385. The van der Waals surface area contributed by atoms with Crippen molar-refractivity contribution in [3.63, 3.8) is 0 Å². The predicted octanol–water partition coefficient (Wildman–Crippen LogP) is 1.69. The largest absolute Gasteiger partial charge is 0.330 e. The maximum Gasteiger partial charge on any atom is 0.153 e. The molecule has 4 heteroatoms. The van der Waals surface area contributed by atoms with Gasteiger partial charge in [0.05, 0.1) is 5.69 Å². The zero-order valence-corrected chi connectivity index (χ0v) is 10.6. The molecule has 0 saturated heterocycles. The van der Waals surface area contributed by atoms with Gasteiger partial charge in [-0.3, -0.25) is 0 Å². The van der Waals surface area contributed by atoms with Crippen LogP contribution in [0.3, 0.4) is 0 Å². The molecule has 0 aliphatic rings. The van der Waals surface area contributed by atoms with Crippen molar-refractivity contribution in [1.82, 2.24) is 14.8 Å². The van der Waals surface area contributed by atoms with Gasteiger partial charge in [0.25, 0.3) is 0 Å². The lowest BCUT2D eigenvalue weighted by atomic mass is 10.2. The van der Waals surface area contributed by atoms with Crippen molar-refractivity contribution in [3.05, 3.63) is 40.8 Å². The highest BCUT2D eigenvalue weighted by atomic mass is 15.3. The second-order valence-corrected chi connectivity index (χ2v) is 4.27. The minimum atomic E-state index is 0.653. The van der Waals surface area contributed by atoms with Crippen LogP contribution in [0.1, 0.15) is 22.5 Å². The molecule has 0 bridgehead atoms. The number of hydrogen-bond donors (Lipinski definition) is 1. The van der Waals surface area contributed by atoms with Crippen LogP contribution in [0, 0.1) is 20.8 Å². The van der Waals surface area contributed by atoms with Crippen LogP contribution in [0.4, 0.5) is 0 Å². The third-order valence-electron chi connectivity index (χ3n) is 3.11. The van der Waals surface area contributed by atoms with Crippen molar-refractivity contribution < 1.29 is 0 Å². The molecule has 0 aromatic carbocycles. The quantitative estimate of drug-likeness (QED) is 0.873. The molecule has 0 atom stereocenters. The van der Waals surface area contributed by atoms with E-state index in [9.17, 15) is 0 Å². The van der Waals surface area contributed by atoms with Crippen LogP contribution in [-0.2, 0) is 6.42 Å². The van der Waals surface area contributed by atoms with Crippen molar-refractivity contribution in [2.45, 2.75) is 27.2 Å². The number of aromatic nitrogens is 3. The number of nitrogens with zero attached hydrogens (tertiary/aromatic N) is 3. The van der Waals surface area contributed by atoms with Gasteiger partial charge in [0.1, 0.15) is 0 Å². The van der Waals surface area contributed by atoms with E-state index in [1.165, 1.54) is 5.56 Å². The van der Waals surface area contributed by atoms with Crippen molar-refractivity contribution in [2.75, 3.05) is 6.54 Å². The highest BCUT2D eigenvalue weighted by Gasteiger charge is 2.09. The summed E-state index contributed by atoms with van der Waals surface area (Å²) in [5.74, 6) is 0.861. The van der Waals surface area contributed by atoms with E-state index in [4.69, 9.17) is 5.73 Å². The van der Waals surface area contributed by atoms with E-state index in [2.05, 4.69) is 30.0 Å². The molecule has 0 radical (unpaired) electrons. The van der Waals surface area contributed by atoms with Gasteiger partial charge in [0.2, 0.25) is 0 Å². The molecule has 0 aliphatic heterocycles. The van der Waals surface area contributed by atoms with Crippen LogP contribution < -0.4 is 5.73 Å². The molecule has 90 valence electrons. The molecular weight excluding hydrogens is 212 g/mol. The van der Waals surface area contributed by atoms with Gasteiger partial charge >= 0.3 is 0 Å². The number of aryl methyl sites for hydroxylation is 1. The minimum absolute atomic E-state index is 0.653. The van der Waals surface area contributed by atoms with E-state index >= 15 is 0 Å². The van der Waals surface area contributed by atoms with Crippen LogP contribution >= 0.6 is 0 Å². The fourth-order valence-corrected chi connectivity index (χ4v) is 1.80. The number of rotatable bonds is 3. The van der Waals surface area contributed by atoms with Crippen LogP contribution in [-0.4, -0.2) is 21.3 Å². The summed E-state index contributed by atoms with van der Waals surface area (Å²) in [6.07, 6.45) is 2.73. The maximum atomic E-state index is 5.51.